The molecular formula is C7H8N4. The maximum absolute atomic E-state index is 8.55. The molecule has 0 aliphatic heterocycles. The fourth-order valence-electron chi connectivity index (χ4n) is 0.761. The average molecular weight is 148 g/mol. The Kier molecular flexibility index (Phi) is 1.93. The van der Waals surface area contributed by atoms with Crippen LogP contribution >= 0.6 is 0 Å². The first kappa shape index (κ1) is 7.35. The monoisotopic (exact) mass is 148 g/mol. The molecule has 1 aromatic heterocycles. The number of hydrogen-bond donors (Lipinski definition) is 2. The zero-order chi connectivity index (χ0) is 8.27. The van der Waals surface area contributed by atoms with Gasteiger partial charge in [0, 0.05) is 7.05 Å². The lowest BCUT2D eigenvalue weighted by molar-refractivity contribution is 1.25. The van der Waals surface area contributed by atoms with E-state index in [1.165, 1.54) is 6.20 Å². The van der Waals surface area contributed by atoms with E-state index in [0.29, 0.717) is 17.1 Å². The molecule has 0 aliphatic carbocycles. The van der Waals surface area contributed by atoms with Crippen molar-refractivity contribution >= 4 is 11.4 Å². The molecule has 0 bridgehead atoms. The number of rotatable bonds is 1. The molecule has 0 spiro atoms. The Morgan fingerprint density at radius 3 is 3.00 bits per heavy atom. The van der Waals surface area contributed by atoms with Crippen molar-refractivity contribution in [3.8, 4) is 6.07 Å². The Morgan fingerprint density at radius 2 is 2.45 bits per heavy atom. The summed E-state index contributed by atoms with van der Waals surface area (Å²) in [6.45, 7) is 0. The van der Waals surface area contributed by atoms with Gasteiger partial charge in [0.1, 0.15) is 6.07 Å². The first-order chi connectivity index (χ1) is 5.27. The third kappa shape index (κ3) is 1.38. The molecule has 1 heterocycles. The van der Waals surface area contributed by atoms with Gasteiger partial charge in [-0.15, -0.1) is 0 Å². The smallest absolute Gasteiger partial charge is 0.163 e. The second-order valence-corrected chi connectivity index (χ2v) is 2.03. The van der Waals surface area contributed by atoms with E-state index in [9.17, 15) is 0 Å². The Balaban J connectivity index is 3.19. The van der Waals surface area contributed by atoms with Gasteiger partial charge in [0.05, 0.1) is 17.6 Å². The fraction of sp³-hybridized carbons (Fsp3) is 0.143. The van der Waals surface area contributed by atoms with Gasteiger partial charge in [0.25, 0.3) is 0 Å². The predicted molar refractivity (Wildman–Crippen MR) is 42.9 cm³/mol. The normalized spacial score (nSPS) is 8.73. The maximum Gasteiger partial charge on any atom is 0.163 e. The standard InChI is InChI=1S/C7H8N4/c1-10-6-2-5(9)4-11-7(6)3-8/h2,4,10H,9H2,1H3. The van der Waals surface area contributed by atoms with Gasteiger partial charge in [-0.2, -0.15) is 5.26 Å². The summed E-state index contributed by atoms with van der Waals surface area (Å²) in [6.07, 6.45) is 1.46. The summed E-state index contributed by atoms with van der Waals surface area (Å²) in [5.74, 6) is 0. The molecule has 0 unspecified atom stereocenters. The Morgan fingerprint density at radius 1 is 1.73 bits per heavy atom. The van der Waals surface area contributed by atoms with Crippen LogP contribution in [0.3, 0.4) is 0 Å². The minimum atomic E-state index is 0.363. The summed E-state index contributed by atoms with van der Waals surface area (Å²) >= 11 is 0. The van der Waals surface area contributed by atoms with Crippen molar-refractivity contribution in [2.24, 2.45) is 0 Å². The number of nitriles is 1. The van der Waals surface area contributed by atoms with Crippen molar-refractivity contribution in [3.05, 3.63) is 18.0 Å². The molecule has 0 amide bonds. The fourth-order valence-corrected chi connectivity index (χ4v) is 0.761. The van der Waals surface area contributed by atoms with Gasteiger partial charge in [-0.25, -0.2) is 4.98 Å². The molecule has 0 saturated heterocycles. The second-order valence-electron chi connectivity index (χ2n) is 2.03. The zero-order valence-electron chi connectivity index (χ0n) is 6.13. The topological polar surface area (TPSA) is 74.7 Å². The Labute approximate surface area is 64.7 Å². The average Bonchev–Trinajstić information content (AvgIpc) is 2.04. The van der Waals surface area contributed by atoms with Crippen LogP contribution in [0.5, 0.6) is 0 Å². The van der Waals surface area contributed by atoms with Crippen LogP contribution in [0.1, 0.15) is 5.69 Å². The molecule has 0 saturated carbocycles. The molecule has 0 aliphatic rings. The molecule has 0 radical (unpaired) electrons. The van der Waals surface area contributed by atoms with Crippen LogP contribution in [0.2, 0.25) is 0 Å². The molecule has 3 N–H and O–H groups in total. The lowest BCUT2D eigenvalue weighted by Gasteiger charge is -2.01. The first-order valence-electron chi connectivity index (χ1n) is 3.11. The molecule has 0 atom stereocenters. The van der Waals surface area contributed by atoms with Gasteiger partial charge in [-0.1, -0.05) is 0 Å². The van der Waals surface area contributed by atoms with Crippen molar-refractivity contribution in [2.75, 3.05) is 18.1 Å². The molecule has 11 heavy (non-hydrogen) atoms. The maximum atomic E-state index is 8.55. The van der Waals surface area contributed by atoms with Crippen molar-refractivity contribution < 1.29 is 0 Å². The molecule has 1 aromatic rings. The van der Waals surface area contributed by atoms with Crippen molar-refractivity contribution in [2.45, 2.75) is 0 Å². The molecular weight excluding hydrogens is 140 g/mol. The lowest BCUT2D eigenvalue weighted by atomic mass is 10.3. The van der Waals surface area contributed by atoms with Gasteiger partial charge >= 0.3 is 0 Å². The van der Waals surface area contributed by atoms with Crippen LogP contribution in [0, 0.1) is 11.3 Å². The SMILES string of the molecule is CNc1cc(N)cnc1C#N. The Hall–Kier alpha value is -1.76. The van der Waals surface area contributed by atoms with Crippen molar-refractivity contribution in [3.63, 3.8) is 0 Å². The minimum Gasteiger partial charge on any atom is -0.397 e. The number of nitrogens with one attached hydrogen (secondary N) is 1. The third-order valence-electron chi connectivity index (χ3n) is 1.28. The number of aromatic nitrogens is 1. The highest BCUT2D eigenvalue weighted by Crippen LogP contribution is 2.13. The predicted octanol–water partition coefficient (Wildman–Crippen LogP) is 0.577. The number of nitrogens with zero attached hydrogens (tertiary/aromatic N) is 2. The Bertz CT molecular complexity index is 300. The summed E-state index contributed by atoms with van der Waals surface area (Å²) in [5, 5.41) is 11.4. The molecule has 0 fully saturated rings. The number of nitrogen functional groups attached to an aromatic ring is 1. The van der Waals surface area contributed by atoms with Gasteiger partial charge in [0.15, 0.2) is 5.69 Å². The van der Waals surface area contributed by atoms with E-state index in [2.05, 4.69) is 10.3 Å². The minimum absolute atomic E-state index is 0.363. The third-order valence-corrected chi connectivity index (χ3v) is 1.28. The summed E-state index contributed by atoms with van der Waals surface area (Å²) in [6, 6.07) is 3.62. The van der Waals surface area contributed by atoms with Crippen LogP contribution in [0.4, 0.5) is 11.4 Å². The molecule has 0 aromatic carbocycles. The van der Waals surface area contributed by atoms with E-state index >= 15 is 0 Å². The first-order valence-corrected chi connectivity index (χ1v) is 3.11. The van der Waals surface area contributed by atoms with Crippen LogP contribution < -0.4 is 11.1 Å². The highest BCUT2D eigenvalue weighted by Gasteiger charge is 1.99. The van der Waals surface area contributed by atoms with Gasteiger partial charge in [-0.3, -0.25) is 0 Å². The summed E-state index contributed by atoms with van der Waals surface area (Å²) < 4.78 is 0. The van der Waals surface area contributed by atoms with Crippen LogP contribution in [0.15, 0.2) is 12.3 Å². The molecule has 1 rings (SSSR count). The number of hydrogen-bond acceptors (Lipinski definition) is 4. The summed E-state index contributed by atoms with van der Waals surface area (Å²) in [4.78, 5) is 3.82. The van der Waals surface area contributed by atoms with Crippen LogP contribution in [0.25, 0.3) is 0 Å². The second kappa shape index (κ2) is 2.88. The van der Waals surface area contributed by atoms with E-state index < -0.39 is 0 Å². The van der Waals surface area contributed by atoms with Gasteiger partial charge in [0.2, 0.25) is 0 Å². The number of pyridine rings is 1. The molecule has 4 nitrogen and oxygen atoms in total. The van der Waals surface area contributed by atoms with E-state index in [-0.39, 0.29) is 0 Å². The van der Waals surface area contributed by atoms with E-state index in [4.69, 9.17) is 11.0 Å². The van der Waals surface area contributed by atoms with E-state index in [1.54, 1.807) is 13.1 Å². The van der Waals surface area contributed by atoms with Crippen LogP contribution in [-0.4, -0.2) is 12.0 Å². The lowest BCUT2D eigenvalue weighted by Crippen LogP contribution is -1.97. The van der Waals surface area contributed by atoms with Crippen LogP contribution in [-0.2, 0) is 0 Å². The highest BCUT2D eigenvalue weighted by atomic mass is 14.9. The number of anilines is 2. The molecule has 4 heteroatoms. The van der Waals surface area contributed by atoms with Crippen molar-refractivity contribution in [1.82, 2.24) is 4.98 Å². The largest absolute Gasteiger partial charge is 0.397 e. The summed E-state index contributed by atoms with van der Waals surface area (Å²) in [7, 11) is 1.72. The van der Waals surface area contributed by atoms with E-state index in [1.807, 2.05) is 6.07 Å². The zero-order valence-corrected chi connectivity index (χ0v) is 6.13. The van der Waals surface area contributed by atoms with Gasteiger partial charge < -0.3 is 11.1 Å². The van der Waals surface area contributed by atoms with Gasteiger partial charge in [-0.05, 0) is 6.07 Å². The molecule has 56 valence electrons. The highest BCUT2D eigenvalue weighted by molar-refractivity contribution is 5.59. The van der Waals surface area contributed by atoms with E-state index in [0.717, 1.165) is 0 Å². The number of nitrogens with two attached hydrogens (primary N) is 1. The quantitative estimate of drug-likeness (QED) is 0.610. The van der Waals surface area contributed by atoms with Crippen molar-refractivity contribution in [1.29, 1.82) is 5.26 Å². The summed E-state index contributed by atoms with van der Waals surface area (Å²) in [5.41, 5.74) is 7.02.